The van der Waals surface area contributed by atoms with Gasteiger partial charge in [0.25, 0.3) is 11.8 Å². The zero-order valence-electron chi connectivity index (χ0n) is 9.51. The van der Waals surface area contributed by atoms with Crippen LogP contribution in [0.5, 0.6) is 0 Å². The summed E-state index contributed by atoms with van der Waals surface area (Å²) in [6, 6.07) is 7.38. The predicted molar refractivity (Wildman–Crippen MR) is 63.3 cm³/mol. The van der Waals surface area contributed by atoms with E-state index in [9.17, 15) is 9.59 Å². The van der Waals surface area contributed by atoms with E-state index in [1.54, 1.807) is 12.1 Å². The third-order valence-corrected chi connectivity index (χ3v) is 2.98. The van der Waals surface area contributed by atoms with Crippen LogP contribution in [-0.2, 0) is 9.59 Å². The summed E-state index contributed by atoms with van der Waals surface area (Å²) in [7, 11) is 0. The Kier molecular flexibility index (Phi) is 2.04. The van der Waals surface area contributed by atoms with E-state index in [1.807, 2.05) is 24.0 Å². The molecule has 0 saturated carbocycles. The third kappa shape index (κ3) is 1.62. The Morgan fingerprint density at radius 3 is 2.29 bits per heavy atom. The number of nitrogens with zero attached hydrogens (tertiary/aromatic N) is 2. The SMILES string of the molecule is Cc1ccc(N2C(=O)C=C(N3CC3)C2=O)cc1. The lowest BCUT2D eigenvalue weighted by molar-refractivity contribution is -0.120. The van der Waals surface area contributed by atoms with Crippen LogP contribution in [0.3, 0.4) is 0 Å². The number of rotatable bonds is 2. The molecule has 4 heteroatoms. The first kappa shape index (κ1) is 10.1. The van der Waals surface area contributed by atoms with Crippen molar-refractivity contribution in [3.8, 4) is 0 Å². The van der Waals surface area contributed by atoms with Crippen LogP contribution in [0.2, 0.25) is 0 Å². The van der Waals surface area contributed by atoms with E-state index in [2.05, 4.69) is 0 Å². The summed E-state index contributed by atoms with van der Waals surface area (Å²) in [5.74, 6) is -0.461. The number of carbonyl (C=O) groups is 2. The van der Waals surface area contributed by atoms with Crippen molar-refractivity contribution in [3.05, 3.63) is 41.6 Å². The third-order valence-electron chi connectivity index (χ3n) is 2.98. The Labute approximate surface area is 99.1 Å². The lowest BCUT2D eigenvalue weighted by Crippen LogP contribution is -2.31. The molecule has 1 fully saturated rings. The van der Waals surface area contributed by atoms with Gasteiger partial charge in [-0.1, -0.05) is 17.7 Å². The largest absolute Gasteiger partial charge is 0.363 e. The first-order chi connectivity index (χ1) is 8.16. The second-order valence-electron chi connectivity index (χ2n) is 4.33. The van der Waals surface area contributed by atoms with Gasteiger partial charge in [0.15, 0.2) is 0 Å². The second-order valence-corrected chi connectivity index (χ2v) is 4.33. The van der Waals surface area contributed by atoms with Gasteiger partial charge >= 0.3 is 0 Å². The molecule has 0 N–H and O–H groups in total. The van der Waals surface area contributed by atoms with Gasteiger partial charge < -0.3 is 4.90 Å². The molecule has 1 saturated heterocycles. The van der Waals surface area contributed by atoms with E-state index in [-0.39, 0.29) is 11.8 Å². The quantitative estimate of drug-likeness (QED) is 0.561. The predicted octanol–water partition coefficient (Wildman–Crippen LogP) is 1.07. The molecule has 2 aliphatic rings. The molecule has 0 aliphatic carbocycles. The minimum atomic E-state index is -0.249. The number of carbonyl (C=O) groups excluding carboxylic acids is 2. The number of hydrogen-bond acceptors (Lipinski definition) is 3. The molecule has 2 heterocycles. The molecule has 0 radical (unpaired) electrons. The van der Waals surface area contributed by atoms with Crippen LogP contribution in [0.25, 0.3) is 0 Å². The van der Waals surface area contributed by atoms with Crippen molar-refractivity contribution in [2.45, 2.75) is 6.92 Å². The van der Waals surface area contributed by atoms with Gasteiger partial charge in [-0.05, 0) is 19.1 Å². The molecule has 1 aromatic rings. The lowest BCUT2D eigenvalue weighted by Gasteiger charge is -2.15. The molecular weight excluding hydrogens is 216 g/mol. The maximum absolute atomic E-state index is 12.1. The van der Waals surface area contributed by atoms with Gasteiger partial charge in [-0.3, -0.25) is 9.59 Å². The van der Waals surface area contributed by atoms with Crippen LogP contribution in [0.4, 0.5) is 5.69 Å². The van der Waals surface area contributed by atoms with Gasteiger partial charge in [-0.15, -0.1) is 0 Å². The van der Waals surface area contributed by atoms with Gasteiger partial charge in [0, 0.05) is 19.2 Å². The Morgan fingerprint density at radius 1 is 1.06 bits per heavy atom. The number of anilines is 1. The van der Waals surface area contributed by atoms with Crippen LogP contribution in [0.1, 0.15) is 5.56 Å². The summed E-state index contributed by atoms with van der Waals surface area (Å²) in [5, 5.41) is 0. The number of aryl methyl sites for hydroxylation is 1. The molecule has 2 amide bonds. The molecule has 4 nitrogen and oxygen atoms in total. The van der Waals surface area contributed by atoms with Crippen LogP contribution in [-0.4, -0.2) is 29.8 Å². The number of hydrogen-bond donors (Lipinski definition) is 0. The highest BCUT2D eigenvalue weighted by molar-refractivity contribution is 6.30. The molecule has 0 spiro atoms. The van der Waals surface area contributed by atoms with E-state index in [0.29, 0.717) is 11.4 Å². The highest BCUT2D eigenvalue weighted by Gasteiger charge is 2.38. The first-order valence-corrected chi connectivity index (χ1v) is 5.58. The zero-order chi connectivity index (χ0) is 12.0. The van der Waals surface area contributed by atoms with Gasteiger partial charge in [0.2, 0.25) is 0 Å². The highest BCUT2D eigenvalue weighted by Crippen LogP contribution is 2.27. The summed E-state index contributed by atoms with van der Waals surface area (Å²) < 4.78 is 0. The Hall–Kier alpha value is -2.10. The summed E-state index contributed by atoms with van der Waals surface area (Å²) in [5.41, 5.74) is 2.27. The van der Waals surface area contributed by atoms with Gasteiger partial charge in [0.05, 0.1) is 5.69 Å². The van der Waals surface area contributed by atoms with Crippen molar-refractivity contribution < 1.29 is 9.59 Å². The maximum Gasteiger partial charge on any atom is 0.281 e. The van der Waals surface area contributed by atoms with E-state index in [0.717, 1.165) is 18.7 Å². The van der Waals surface area contributed by atoms with E-state index in [1.165, 1.54) is 11.0 Å². The minimum Gasteiger partial charge on any atom is -0.363 e. The fourth-order valence-corrected chi connectivity index (χ4v) is 1.91. The average molecular weight is 228 g/mol. The van der Waals surface area contributed by atoms with E-state index < -0.39 is 0 Å². The molecule has 0 aromatic heterocycles. The zero-order valence-corrected chi connectivity index (χ0v) is 9.51. The first-order valence-electron chi connectivity index (χ1n) is 5.58. The molecule has 1 aromatic carbocycles. The van der Waals surface area contributed by atoms with Crippen molar-refractivity contribution in [2.75, 3.05) is 18.0 Å². The number of imide groups is 1. The van der Waals surface area contributed by atoms with Crippen LogP contribution >= 0.6 is 0 Å². The number of benzene rings is 1. The van der Waals surface area contributed by atoms with Gasteiger partial charge in [0.1, 0.15) is 5.70 Å². The van der Waals surface area contributed by atoms with E-state index in [4.69, 9.17) is 0 Å². The van der Waals surface area contributed by atoms with Crippen molar-refractivity contribution in [2.24, 2.45) is 0 Å². The normalized spacial score (nSPS) is 18.8. The van der Waals surface area contributed by atoms with Crippen molar-refractivity contribution in [1.29, 1.82) is 0 Å². The summed E-state index contributed by atoms with van der Waals surface area (Å²) in [4.78, 5) is 27.0. The minimum absolute atomic E-state index is 0.212. The standard InChI is InChI=1S/C13H12N2O2/c1-9-2-4-10(5-3-9)15-12(16)8-11(13(15)17)14-6-7-14/h2-5,8H,6-7H2,1H3. The maximum atomic E-state index is 12.1. The molecule has 0 atom stereocenters. The van der Waals surface area contributed by atoms with Crippen molar-refractivity contribution in [1.82, 2.24) is 4.90 Å². The van der Waals surface area contributed by atoms with Gasteiger partial charge in [-0.25, -0.2) is 4.90 Å². The highest BCUT2D eigenvalue weighted by atomic mass is 16.2. The van der Waals surface area contributed by atoms with E-state index >= 15 is 0 Å². The smallest absolute Gasteiger partial charge is 0.281 e. The average Bonchev–Trinajstić information content (AvgIpc) is 3.09. The monoisotopic (exact) mass is 228 g/mol. The summed E-state index contributed by atoms with van der Waals surface area (Å²) in [6.45, 7) is 3.70. The molecule has 0 unspecified atom stereocenters. The van der Waals surface area contributed by atoms with Crippen LogP contribution < -0.4 is 4.90 Å². The van der Waals surface area contributed by atoms with Gasteiger partial charge in [-0.2, -0.15) is 0 Å². The molecule has 86 valence electrons. The lowest BCUT2D eigenvalue weighted by atomic mass is 10.2. The van der Waals surface area contributed by atoms with Crippen LogP contribution in [0.15, 0.2) is 36.0 Å². The molecule has 3 rings (SSSR count). The Morgan fingerprint density at radius 2 is 1.71 bits per heavy atom. The fraction of sp³-hybridized carbons (Fsp3) is 0.231. The van der Waals surface area contributed by atoms with Crippen LogP contribution in [0, 0.1) is 6.92 Å². The fourth-order valence-electron chi connectivity index (χ4n) is 1.91. The molecule has 0 bridgehead atoms. The summed E-state index contributed by atoms with van der Waals surface area (Å²) >= 11 is 0. The summed E-state index contributed by atoms with van der Waals surface area (Å²) in [6.07, 6.45) is 1.43. The Balaban J connectivity index is 1.92. The molecule has 2 aliphatic heterocycles. The topological polar surface area (TPSA) is 40.4 Å². The Bertz CT molecular complexity index is 527. The van der Waals surface area contributed by atoms with Crippen molar-refractivity contribution >= 4 is 17.5 Å². The molecular formula is C13H12N2O2. The van der Waals surface area contributed by atoms with Crippen molar-refractivity contribution in [3.63, 3.8) is 0 Å². The number of amides is 2. The molecule has 17 heavy (non-hydrogen) atoms. The second kappa shape index (κ2) is 3.45.